The van der Waals surface area contributed by atoms with E-state index in [1.165, 1.54) is 24.6 Å². The van der Waals surface area contributed by atoms with Crippen molar-refractivity contribution in [2.45, 2.75) is 43.0 Å². The molecule has 1 aromatic carbocycles. The Morgan fingerprint density at radius 2 is 1.87 bits per heavy atom. The molecule has 2 rings (SSSR count). The van der Waals surface area contributed by atoms with E-state index in [1.807, 2.05) is 24.3 Å². The third kappa shape index (κ3) is 6.52. The van der Waals surface area contributed by atoms with Gasteiger partial charge < -0.3 is 15.4 Å². The molecule has 2 amide bonds. The predicted molar refractivity (Wildman–Crippen MR) is 91.7 cm³/mol. The Hall–Kier alpha value is -1.69. The smallest absolute Gasteiger partial charge is 0.230 e. The number of ether oxygens (including phenoxy) is 1. The van der Waals surface area contributed by atoms with Crippen molar-refractivity contribution in [2.24, 2.45) is 0 Å². The van der Waals surface area contributed by atoms with E-state index in [-0.39, 0.29) is 11.8 Å². The van der Waals surface area contributed by atoms with Crippen LogP contribution in [-0.2, 0) is 9.59 Å². The van der Waals surface area contributed by atoms with Gasteiger partial charge in [0.1, 0.15) is 5.75 Å². The summed E-state index contributed by atoms with van der Waals surface area (Å²) in [5.41, 5.74) is 0. The van der Waals surface area contributed by atoms with E-state index in [0.717, 1.165) is 23.5 Å². The predicted octanol–water partition coefficient (Wildman–Crippen LogP) is 2.35. The van der Waals surface area contributed by atoms with E-state index in [2.05, 4.69) is 10.6 Å². The zero-order valence-electron chi connectivity index (χ0n) is 13.5. The summed E-state index contributed by atoms with van der Waals surface area (Å²) < 4.78 is 5.09. The Kier molecular flexibility index (Phi) is 7.26. The third-order valence-electron chi connectivity index (χ3n) is 3.82. The molecule has 1 aromatic rings. The zero-order chi connectivity index (χ0) is 16.5. The average Bonchev–Trinajstić information content (AvgIpc) is 3.06. The highest BCUT2D eigenvalue weighted by Gasteiger charge is 2.16. The number of amides is 2. The van der Waals surface area contributed by atoms with E-state index < -0.39 is 0 Å². The number of rotatable bonds is 8. The van der Waals surface area contributed by atoms with Gasteiger partial charge in [-0.05, 0) is 37.1 Å². The number of methoxy groups -OCH3 is 1. The number of carbonyl (C=O) groups is 2. The van der Waals surface area contributed by atoms with Crippen LogP contribution in [0.5, 0.6) is 5.75 Å². The topological polar surface area (TPSA) is 67.4 Å². The van der Waals surface area contributed by atoms with Crippen molar-refractivity contribution in [3.05, 3.63) is 24.3 Å². The third-order valence-corrected chi connectivity index (χ3v) is 4.84. The Bertz CT molecular complexity index is 513. The van der Waals surface area contributed by atoms with E-state index >= 15 is 0 Å². The van der Waals surface area contributed by atoms with Gasteiger partial charge in [-0.25, -0.2) is 0 Å². The van der Waals surface area contributed by atoms with Crippen LogP contribution in [0, 0.1) is 0 Å². The lowest BCUT2D eigenvalue weighted by atomic mass is 10.2. The second-order valence-electron chi connectivity index (χ2n) is 5.61. The summed E-state index contributed by atoms with van der Waals surface area (Å²) in [6.45, 7) is 0.389. The van der Waals surface area contributed by atoms with Gasteiger partial charge in [-0.2, -0.15) is 0 Å². The zero-order valence-corrected chi connectivity index (χ0v) is 14.3. The molecular formula is C17H24N2O3S. The van der Waals surface area contributed by atoms with Gasteiger partial charge in [-0.3, -0.25) is 9.59 Å². The lowest BCUT2D eigenvalue weighted by Gasteiger charge is -2.12. The fraction of sp³-hybridized carbons (Fsp3) is 0.529. The van der Waals surface area contributed by atoms with Crippen LogP contribution in [-0.4, -0.2) is 37.3 Å². The number of nitrogens with one attached hydrogen (secondary N) is 2. The summed E-state index contributed by atoms with van der Waals surface area (Å²) in [6.07, 6.45) is 4.90. The van der Waals surface area contributed by atoms with E-state index in [1.54, 1.807) is 7.11 Å². The van der Waals surface area contributed by atoms with Crippen LogP contribution in [0.15, 0.2) is 29.2 Å². The Balaban J connectivity index is 1.58. The highest BCUT2D eigenvalue weighted by Crippen LogP contribution is 2.21. The normalized spacial score (nSPS) is 14.5. The van der Waals surface area contributed by atoms with Crippen molar-refractivity contribution in [2.75, 3.05) is 19.4 Å². The van der Waals surface area contributed by atoms with Gasteiger partial charge in [-0.1, -0.05) is 12.8 Å². The summed E-state index contributed by atoms with van der Waals surface area (Å²) >= 11 is 1.46. The molecule has 0 spiro atoms. The summed E-state index contributed by atoms with van der Waals surface area (Å²) in [4.78, 5) is 24.5. The molecule has 0 atom stereocenters. The molecule has 1 aliphatic carbocycles. The quantitative estimate of drug-likeness (QED) is 0.715. The molecule has 0 saturated heterocycles. The number of carbonyl (C=O) groups excluding carboxylic acids is 2. The molecule has 6 heteroatoms. The number of thioether (sulfide) groups is 1. The molecule has 23 heavy (non-hydrogen) atoms. The van der Waals surface area contributed by atoms with Gasteiger partial charge in [0.2, 0.25) is 11.8 Å². The fourth-order valence-electron chi connectivity index (χ4n) is 2.56. The molecule has 0 aliphatic heterocycles. The first-order chi connectivity index (χ1) is 11.2. The molecule has 1 fully saturated rings. The molecular weight excluding hydrogens is 312 g/mol. The number of hydrogen-bond donors (Lipinski definition) is 2. The Labute approximate surface area is 141 Å². The Morgan fingerprint density at radius 3 is 2.52 bits per heavy atom. The minimum Gasteiger partial charge on any atom is -0.497 e. The monoisotopic (exact) mass is 336 g/mol. The van der Waals surface area contributed by atoms with Gasteiger partial charge in [0, 0.05) is 23.9 Å². The summed E-state index contributed by atoms with van der Waals surface area (Å²) in [6, 6.07) is 7.92. The van der Waals surface area contributed by atoms with Crippen molar-refractivity contribution in [3.8, 4) is 5.75 Å². The minimum atomic E-state index is -0.0560. The van der Waals surface area contributed by atoms with Crippen molar-refractivity contribution < 1.29 is 14.3 Å². The van der Waals surface area contributed by atoms with Crippen molar-refractivity contribution >= 4 is 23.6 Å². The maximum Gasteiger partial charge on any atom is 0.230 e. The van der Waals surface area contributed by atoms with Crippen LogP contribution in [0.25, 0.3) is 0 Å². The van der Waals surface area contributed by atoms with Crippen LogP contribution in [0.4, 0.5) is 0 Å². The molecule has 5 nitrogen and oxygen atoms in total. The summed E-state index contributed by atoms with van der Waals surface area (Å²) in [5.74, 6) is 1.11. The molecule has 0 bridgehead atoms. The Morgan fingerprint density at radius 1 is 1.17 bits per heavy atom. The first-order valence-electron chi connectivity index (χ1n) is 8.00. The minimum absolute atomic E-state index is 0.0278. The maximum atomic E-state index is 11.8. The highest BCUT2D eigenvalue weighted by molar-refractivity contribution is 8.00. The highest BCUT2D eigenvalue weighted by atomic mass is 32.2. The van der Waals surface area contributed by atoms with Crippen molar-refractivity contribution in [1.29, 1.82) is 0 Å². The molecule has 0 radical (unpaired) electrons. The summed E-state index contributed by atoms with van der Waals surface area (Å²) in [5, 5.41) is 5.80. The standard InChI is InChI=1S/C17H24N2O3S/c1-22-14-6-8-15(9-7-14)23-12-17(21)18-11-10-16(20)19-13-4-2-3-5-13/h6-9,13H,2-5,10-12H2,1H3,(H,18,21)(H,19,20). The second-order valence-corrected chi connectivity index (χ2v) is 6.66. The largest absolute Gasteiger partial charge is 0.497 e. The van der Waals surface area contributed by atoms with Gasteiger partial charge >= 0.3 is 0 Å². The van der Waals surface area contributed by atoms with Crippen LogP contribution >= 0.6 is 11.8 Å². The molecule has 1 aliphatic rings. The van der Waals surface area contributed by atoms with Gasteiger partial charge in [-0.15, -0.1) is 11.8 Å². The summed E-state index contributed by atoms with van der Waals surface area (Å²) in [7, 11) is 1.62. The first kappa shape index (κ1) is 17.7. The van der Waals surface area contributed by atoms with Crippen LogP contribution < -0.4 is 15.4 Å². The second kappa shape index (κ2) is 9.45. The van der Waals surface area contributed by atoms with E-state index in [4.69, 9.17) is 4.74 Å². The molecule has 1 saturated carbocycles. The molecule has 0 heterocycles. The van der Waals surface area contributed by atoms with Gasteiger partial charge in [0.25, 0.3) is 0 Å². The number of benzene rings is 1. The maximum absolute atomic E-state index is 11.8. The van der Waals surface area contributed by atoms with E-state index in [0.29, 0.717) is 24.8 Å². The van der Waals surface area contributed by atoms with Crippen molar-refractivity contribution in [3.63, 3.8) is 0 Å². The SMILES string of the molecule is COc1ccc(SCC(=O)NCCC(=O)NC2CCCC2)cc1. The lowest BCUT2D eigenvalue weighted by Crippen LogP contribution is -2.36. The average molecular weight is 336 g/mol. The van der Waals surface area contributed by atoms with Crippen LogP contribution in [0.3, 0.4) is 0 Å². The van der Waals surface area contributed by atoms with Crippen molar-refractivity contribution in [1.82, 2.24) is 10.6 Å². The first-order valence-corrected chi connectivity index (χ1v) is 8.99. The fourth-order valence-corrected chi connectivity index (χ4v) is 3.29. The number of hydrogen-bond acceptors (Lipinski definition) is 4. The van der Waals surface area contributed by atoms with Gasteiger partial charge in [0.05, 0.1) is 12.9 Å². The molecule has 0 unspecified atom stereocenters. The van der Waals surface area contributed by atoms with Crippen LogP contribution in [0.1, 0.15) is 32.1 Å². The van der Waals surface area contributed by atoms with Crippen LogP contribution in [0.2, 0.25) is 0 Å². The lowest BCUT2D eigenvalue weighted by molar-refractivity contribution is -0.122. The molecule has 126 valence electrons. The molecule has 2 N–H and O–H groups in total. The van der Waals surface area contributed by atoms with E-state index in [9.17, 15) is 9.59 Å². The van der Waals surface area contributed by atoms with Gasteiger partial charge in [0.15, 0.2) is 0 Å². The molecule has 0 aromatic heterocycles.